The molecule has 0 N–H and O–H groups in total. The summed E-state index contributed by atoms with van der Waals surface area (Å²) in [5.74, 6) is 1.84. The van der Waals surface area contributed by atoms with Gasteiger partial charge in [0.05, 0.1) is 6.54 Å². The van der Waals surface area contributed by atoms with Gasteiger partial charge >= 0.3 is 5.78 Å². The smallest absolute Gasteiger partial charge is 0.221 e. The second-order valence-electron chi connectivity index (χ2n) is 5.76. The predicted octanol–water partition coefficient (Wildman–Crippen LogP) is 3.68. The normalized spacial score (nSPS) is 11.1. The zero-order valence-corrected chi connectivity index (χ0v) is 13.8. The molecule has 0 radical (unpaired) electrons. The summed E-state index contributed by atoms with van der Waals surface area (Å²) < 4.78 is 4.08. The Kier molecular flexibility index (Phi) is 3.58. The van der Waals surface area contributed by atoms with E-state index in [4.69, 9.17) is 10.1 Å². The van der Waals surface area contributed by atoms with Crippen molar-refractivity contribution in [3.8, 4) is 22.5 Å². The van der Waals surface area contributed by atoms with Crippen molar-refractivity contribution in [1.29, 1.82) is 0 Å². The standard InChI is InChI=1S/C20H19N4/c1-3-23-15(2)22-24-19(17-12-8-5-9-13-17)14-18(21-20(23)24)16-10-6-4-7-11-16/h4-14H,3H2,1-2H3/q+1. The molecule has 0 fully saturated rings. The van der Waals surface area contributed by atoms with E-state index in [9.17, 15) is 0 Å². The van der Waals surface area contributed by atoms with E-state index in [2.05, 4.69) is 41.8 Å². The predicted molar refractivity (Wildman–Crippen MR) is 94.5 cm³/mol. The van der Waals surface area contributed by atoms with Gasteiger partial charge < -0.3 is 0 Å². The molecule has 0 aliphatic rings. The first kappa shape index (κ1) is 14.6. The van der Waals surface area contributed by atoms with Crippen molar-refractivity contribution in [2.75, 3.05) is 0 Å². The summed E-state index contributed by atoms with van der Waals surface area (Å²) in [6, 6.07) is 22.7. The average molecular weight is 315 g/mol. The molecule has 4 heteroatoms. The molecule has 118 valence electrons. The number of nitrogens with zero attached hydrogens (tertiary/aromatic N) is 4. The molecule has 4 aromatic rings. The van der Waals surface area contributed by atoms with Crippen LogP contribution in [0.2, 0.25) is 0 Å². The summed E-state index contributed by atoms with van der Waals surface area (Å²) in [4.78, 5) is 4.89. The largest absolute Gasteiger partial charge is 0.388 e. The minimum Gasteiger partial charge on any atom is -0.221 e. The van der Waals surface area contributed by atoms with Gasteiger partial charge in [-0.15, -0.1) is 4.98 Å². The van der Waals surface area contributed by atoms with Gasteiger partial charge in [0.2, 0.25) is 5.82 Å². The van der Waals surface area contributed by atoms with Crippen molar-refractivity contribution in [2.24, 2.45) is 0 Å². The highest BCUT2D eigenvalue weighted by molar-refractivity contribution is 5.69. The molecule has 2 aromatic carbocycles. The van der Waals surface area contributed by atoms with E-state index in [0.717, 1.165) is 40.7 Å². The van der Waals surface area contributed by atoms with Crippen LogP contribution < -0.4 is 4.57 Å². The number of aryl methyl sites for hydroxylation is 2. The molecule has 0 amide bonds. The van der Waals surface area contributed by atoms with E-state index >= 15 is 0 Å². The van der Waals surface area contributed by atoms with E-state index in [0.29, 0.717) is 0 Å². The van der Waals surface area contributed by atoms with Gasteiger partial charge in [-0.1, -0.05) is 65.2 Å². The first-order valence-electron chi connectivity index (χ1n) is 8.19. The third-order valence-corrected chi connectivity index (χ3v) is 4.24. The number of aromatic nitrogens is 4. The van der Waals surface area contributed by atoms with Gasteiger partial charge in [0, 0.05) is 24.1 Å². The maximum absolute atomic E-state index is 4.89. The van der Waals surface area contributed by atoms with Crippen LogP contribution in [0.1, 0.15) is 12.7 Å². The Bertz CT molecular complexity index is 989. The van der Waals surface area contributed by atoms with E-state index in [1.807, 2.05) is 47.8 Å². The van der Waals surface area contributed by atoms with Crippen LogP contribution in [0.15, 0.2) is 66.7 Å². The fourth-order valence-electron chi connectivity index (χ4n) is 3.04. The van der Waals surface area contributed by atoms with Crippen molar-refractivity contribution in [3.05, 3.63) is 72.6 Å². The van der Waals surface area contributed by atoms with Crippen LogP contribution in [-0.2, 0) is 6.54 Å². The Labute approximate surface area is 141 Å². The lowest BCUT2D eigenvalue weighted by Crippen LogP contribution is -2.35. The van der Waals surface area contributed by atoms with E-state index in [1.165, 1.54) is 0 Å². The molecule has 0 spiro atoms. The van der Waals surface area contributed by atoms with Gasteiger partial charge in [-0.25, -0.2) is 4.57 Å². The van der Waals surface area contributed by atoms with Gasteiger partial charge in [0.15, 0.2) is 0 Å². The summed E-state index contributed by atoms with van der Waals surface area (Å²) in [6.07, 6.45) is 0. The maximum Gasteiger partial charge on any atom is 0.388 e. The number of benzene rings is 2. The zero-order valence-electron chi connectivity index (χ0n) is 13.8. The molecule has 0 unspecified atom stereocenters. The van der Waals surface area contributed by atoms with Crippen molar-refractivity contribution in [2.45, 2.75) is 20.4 Å². The van der Waals surface area contributed by atoms with Crippen LogP contribution in [0, 0.1) is 6.92 Å². The molecule has 0 saturated heterocycles. The van der Waals surface area contributed by atoms with Crippen molar-refractivity contribution >= 4 is 5.78 Å². The second kappa shape index (κ2) is 5.89. The van der Waals surface area contributed by atoms with Gasteiger partial charge in [-0.05, 0) is 12.0 Å². The Morgan fingerprint density at radius 1 is 0.917 bits per heavy atom. The number of rotatable bonds is 3. The quantitative estimate of drug-likeness (QED) is 0.540. The summed E-state index contributed by atoms with van der Waals surface area (Å²) in [5.41, 5.74) is 4.25. The first-order chi connectivity index (χ1) is 11.8. The maximum atomic E-state index is 4.89. The monoisotopic (exact) mass is 315 g/mol. The number of hydrogen-bond donors (Lipinski definition) is 0. The minimum atomic E-state index is 0.842. The first-order valence-corrected chi connectivity index (χ1v) is 8.19. The molecular weight excluding hydrogens is 296 g/mol. The Balaban J connectivity index is 2.06. The van der Waals surface area contributed by atoms with E-state index in [-0.39, 0.29) is 0 Å². The summed E-state index contributed by atoms with van der Waals surface area (Å²) in [6.45, 7) is 4.98. The minimum absolute atomic E-state index is 0.842. The van der Waals surface area contributed by atoms with Gasteiger partial charge in [-0.3, -0.25) is 0 Å². The average Bonchev–Trinajstić information content (AvgIpc) is 2.97. The molecule has 0 bridgehead atoms. The lowest BCUT2D eigenvalue weighted by atomic mass is 10.1. The second-order valence-corrected chi connectivity index (χ2v) is 5.76. The van der Waals surface area contributed by atoms with Crippen LogP contribution in [-0.4, -0.2) is 14.6 Å². The zero-order chi connectivity index (χ0) is 16.5. The molecule has 2 heterocycles. The van der Waals surface area contributed by atoms with Crippen molar-refractivity contribution in [1.82, 2.24) is 14.6 Å². The van der Waals surface area contributed by atoms with Crippen molar-refractivity contribution < 1.29 is 4.57 Å². The highest BCUT2D eigenvalue weighted by Gasteiger charge is 2.22. The molecule has 4 rings (SSSR count). The van der Waals surface area contributed by atoms with Gasteiger partial charge in [-0.2, -0.15) is 0 Å². The lowest BCUT2D eigenvalue weighted by molar-refractivity contribution is -0.676. The molecule has 2 aromatic heterocycles. The van der Waals surface area contributed by atoms with Gasteiger partial charge in [0.25, 0.3) is 0 Å². The van der Waals surface area contributed by atoms with Crippen LogP contribution in [0.4, 0.5) is 0 Å². The summed E-state index contributed by atoms with van der Waals surface area (Å²) >= 11 is 0. The Hall–Kier alpha value is -3.01. The lowest BCUT2D eigenvalue weighted by Gasteiger charge is -2.03. The van der Waals surface area contributed by atoms with Gasteiger partial charge in [0.1, 0.15) is 11.4 Å². The van der Waals surface area contributed by atoms with Crippen LogP contribution in [0.5, 0.6) is 0 Å². The van der Waals surface area contributed by atoms with Crippen LogP contribution in [0.25, 0.3) is 28.3 Å². The van der Waals surface area contributed by atoms with E-state index in [1.54, 1.807) is 0 Å². The Morgan fingerprint density at radius 2 is 1.54 bits per heavy atom. The highest BCUT2D eigenvalue weighted by atomic mass is 15.4. The number of fused-ring (bicyclic) bond motifs is 1. The summed E-state index contributed by atoms with van der Waals surface area (Å²) in [7, 11) is 0. The Morgan fingerprint density at radius 3 is 2.17 bits per heavy atom. The molecule has 0 saturated carbocycles. The third kappa shape index (κ3) is 2.36. The van der Waals surface area contributed by atoms with Crippen LogP contribution in [0.3, 0.4) is 0 Å². The molecular formula is C20H19N4+. The highest BCUT2D eigenvalue weighted by Crippen LogP contribution is 2.25. The SMILES string of the molecule is CC[n+]1c(C)nn2c(-c3ccccc3)cc(-c3ccccc3)nc21. The topological polar surface area (TPSA) is 34.1 Å². The molecule has 0 aliphatic heterocycles. The molecule has 24 heavy (non-hydrogen) atoms. The molecule has 0 aliphatic carbocycles. The number of hydrogen-bond acceptors (Lipinski definition) is 2. The van der Waals surface area contributed by atoms with E-state index < -0.39 is 0 Å². The van der Waals surface area contributed by atoms with Crippen LogP contribution >= 0.6 is 0 Å². The molecule has 0 atom stereocenters. The third-order valence-electron chi connectivity index (χ3n) is 4.24. The van der Waals surface area contributed by atoms with Crippen molar-refractivity contribution in [3.63, 3.8) is 0 Å². The molecule has 4 nitrogen and oxygen atoms in total. The summed E-state index contributed by atoms with van der Waals surface area (Å²) in [5, 5.41) is 4.71. The fraction of sp³-hybridized carbons (Fsp3) is 0.150. The fourth-order valence-corrected chi connectivity index (χ4v) is 3.04.